The highest BCUT2D eigenvalue weighted by molar-refractivity contribution is 6.05. The quantitative estimate of drug-likeness (QED) is 0.801. The second-order valence-corrected chi connectivity index (χ2v) is 5.87. The monoisotopic (exact) mass is 268 g/mol. The number of pyridine rings is 1. The molecule has 3 nitrogen and oxygen atoms in total. The van der Waals surface area contributed by atoms with Crippen LogP contribution in [0.2, 0.25) is 0 Å². The molecule has 0 amide bonds. The van der Waals surface area contributed by atoms with Gasteiger partial charge in [-0.2, -0.15) is 0 Å². The van der Waals surface area contributed by atoms with Crippen LogP contribution < -0.4 is 0 Å². The third kappa shape index (κ3) is 2.02. The Hall–Kier alpha value is -1.74. The Labute approximate surface area is 119 Å². The van der Waals surface area contributed by atoms with Crippen LogP contribution in [-0.2, 0) is 0 Å². The first-order chi connectivity index (χ1) is 9.63. The molecule has 0 aliphatic heterocycles. The van der Waals surface area contributed by atoms with Crippen molar-refractivity contribution in [3.05, 3.63) is 42.1 Å². The zero-order chi connectivity index (χ0) is 14.2. The second-order valence-electron chi connectivity index (χ2n) is 5.87. The normalized spacial score (nSPS) is 17.8. The van der Waals surface area contributed by atoms with E-state index in [0.29, 0.717) is 0 Å². The molecule has 1 aromatic carbocycles. The van der Waals surface area contributed by atoms with Crippen LogP contribution in [0.15, 0.2) is 36.5 Å². The van der Waals surface area contributed by atoms with E-state index in [9.17, 15) is 4.79 Å². The average Bonchev–Trinajstić information content (AvgIpc) is 2.97. The van der Waals surface area contributed by atoms with Gasteiger partial charge in [-0.15, -0.1) is 0 Å². The lowest BCUT2D eigenvalue weighted by Gasteiger charge is -2.34. The molecular formula is C17H20N2O. The molecular weight excluding hydrogens is 248 g/mol. The van der Waals surface area contributed by atoms with Crippen LogP contribution in [0.25, 0.3) is 10.9 Å². The standard InChI is InChI=1S/C17H20N2O/c1-19(2)17(9-3-4-10-17)16(20)14-7-8-15-13(12-14)6-5-11-18-15/h5-8,11-12H,3-4,9-10H2,1-2H3. The Bertz CT molecular complexity index is 642. The number of aromatic nitrogens is 1. The summed E-state index contributed by atoms with van der Waals surface area (Å²) in [5.74, 6) is 0.255. The lowest BCUT2D eigenvalue weighted by molar-refractivity contribution is 0.0693. The topological polar surface area (TPSA) is 33.2 Å². The zero-order valence-electron chi connectivity index (χ0n) is 12.1. The molecule has 0 saturated heterocycles. The minimum atomic E-state index is -0.310. The number of ketones is 1. The highest BCUT2D eigenvalue weighted by atomic mass is 16.1. The number of hydrogen-bond donors (Lipinski definition) is 0. The maximum absolute atomic E-state index is 13.0. The van der Waals surface area contributed by atoms with Crippen LogP contribution >= 0.6 is 0 Å². The molecule has 2 aromatic rings. The third-order valence-corrected chi connectivity index (χ3v) is 4.57. The molecule has 1 heterocycles. The first-order valence-electron chi connectivity index (χ1n) is 7.20. The number of carbonyl (C=O) groups excluding carboxylic acids is 1. The first kappa shape index (κ1) is 13.3. The molecule has 0 atom stereocenters. The minimum absolute atomic E-state index is 0.255. The van der Waals surface area contributed by atoms with Gasteiger partial charge >= 0.3 is 0 Å². The molecule has 104 valence electrons. The Kier molecular flexibility index (Phi) is 3.30. The Balaban J connectivity index is 2.03. The summed E-state index contributed by atoms with van der Waals surface area (Å²) >= 11 is 0. The van der Waals surface area contributed by atoms with E-state index in [1.54, 1.807) is 6.20 Å². The van der Waals surface area contributed by atoms with Crippen molar-refractivity contribution in [1.82, 2.24) is 9.88 Å². The maximum Gasteiger partial charge on any atom is 0.183 e. The fourth-order valence-electron chi connectivity index (χ4n) is 3.32. The number of hydrogen-bond acceptors (Lipinski definition) is 3. The molecule has 0 unspecified atom stereocenters. The fourth-order valence-corrected chi connectivity index (χ4v) is 3.32. The SMILES string of the molecule is CN(C)C1(C(=O)c2ccc3ncccc3c2)CCCC1. The number of fused-ring (bicyclic) bond motifs is 1. The predicted molar refractivity (Wildman–Crippen MR) is 81.0 cm³/mol. The van der Waals surface area contributed by atoms with Gasteiger partial charge in [0, 0.05) is 17.1 Å². The van der Waals surface area contributed by atoms with Crippen LogP contribution in [0.3, 0.4) is 0 Å². The predicted octanol–water partition coefficient (Wildman–Crippen LogP) is 3.29. The molecule has 3 heteroatoms. The summed E-state index contributed by atoms with van der Waals surface area (Å²) in [7, 11) is 4.04. The van der Waals surface area contributed by atoms with E-state index >= 15 is 0 Å². The van der Waals surface area contributed by atoms with E-state index in [4.69, 9.17) is 0 Å². The molecule has 1 aliphatic rings. The van der Waals surface area contributed by atoms with Gasteiger partial charge in [0.1, 0.15) is 0 Å². The van der Waals surface area contributed by atoms with E-state index < -0.39 is 0 Å². The highest BCUT2D eigenvalue weighted by Gasteiger charge is 2.43. The summed E-state index contributed by atoms with van der Waals surface area (Å²) < 4.78 is 0. The number of rotatable bonds is 3. The molecule has 1 aromatic heterocycles. The molecule has 1 aliphatic carbocycles. The van der Waals surface area contributed by atoms with Crippen molar-refractivity contribution in [2.75, 3.05) is 14.1 Å². The van der Waals surface area contributed by atoms with Crippen molar-refractivity contribution in [1.29, 1.82) is 0 Å². The van der Waals surface area contributed by atoms with Crippen LogP contribution in [0, 0.1) is 0 Å². The van der Waals surface area contributed by atoms with E-state index in [1.807, 2.05) is 44.4 Å². The molecule has 3 rings (SSSR count). The van der Waals surface area contributed by atoms with Crippen molar-refractivity contribution >= 4 is 16.7 Å². The van der Waals surface area contributed by atoms with Crippen molar-refractivity contribution < 1.29 is 4.79 Å². The van der Waals surface area contributed by atoms with E-state index in [1.165, 1.54) is 0 Å². The van der Waals surface area contributed by atoms with Crippen molar-refractivity contribution in [3.63, 3.8) is 0 Å². The second kappa shape index (κ2) is 4.98. The Morgan fingerprint density at radius 1 is 1.20 bits per heavy atom. The third-order valence-electron chi connectivity index (χ3n) is 4.57. The van der Waals surface area contributed by atoms with Gasteiger partial charge in [0.2, 0.25) is 0 Å². The van der Waals surface area contributed by atoms with Gasteiger partial charge in [-0.3, -0.25) is 14.7 Å². The Morgan fingerprint density at radius 2 is 1.95 bits per heavy atom. The molecule has 0 bridgehead atoms. The molecule has 0 spiro atoms. The van der Waals surface area contributed by atoms with Gasteiger partial charge in [0.25, 0.3) is 0 Å². The van der Waals surface area contributed by atoms with Gasteiger partial charge in [-0.25, -0.2) is 0 Å². The molecule has 1 fully saturated rings. The Morgan fingerprint density at radius 3 is 2.65 bits per heavy atom. The number of Topliss-reactive ketones (excluding diaryl/α,β-unsaturated/α-hetero) is 1. The summed E-state index contributed by atoms with van der Waals surface area (Å²) in [5.41, 5.74) is 1.44. The summed E-state index contributed by atoms with van der Waals surface area (Å²) in [6.07, 6.45) is 5.98. The first-order valence-corrected chi connectivity index (χ1v) is 7.20. The van der Waals surface area contributed by atoms with Gasteiger partial charge in [-0.05, 0) is 51.2 Å². The zero-order valence-corrected chi connectivity index (χ0v) is 12.1. The molecule has 0 N–H and O–H groups in total. The molecule has 0 radical (unpaired) electrons. The van der Waals surface area contributed by atoms with Gasteiger partial charge < -0.3 is 0 Å². The number of benzene rings is 1. The van der Waals surface area contributed by atoms with Crippen LogP contribution in [0.4, 0.5) is 0 Å². The smallest absolute Gasteiger partial charge is 0.183 e. The van der Waals surface area contributed by atoms with Crippen LogP contribution in [0.1, 0.15) is 36.0 Å². The maximum atomic E-state index is 13.0. The van der Waals surface area contributed by atoms with Gasteiger partial charge in [0.05, 0.1) is 11.1 Å². The van der Waals surface area contributed by atoms with Crippen molar-refractivity contribution in [2.45, 2.75) is 31.2 Å². The number of nitrogens with zero attached hydrogens (tertiary/aromatic N) is 2. The van der Waals surface area contributed by atoms with E-state index in [0.717, 1.165) is 42.1 Å². The summed E-state index contributed by atoms with van der Waals surface area (Å²) in [6, 6.07) is 9.76. The van der Waals surface area contributed by atoms with Gasteiger partial charge in [-0.1, -0.05) is 18.9 Å². The minimum Gasteiger partial charge on any atom is -0.297 e. The number of carbonyl (C=O) groups is 1. The largest absolute Gasteiger partial charge is 0.297 e. The lowest BCUT2D eigenvalue weighted by Crippen LogP contribution is -2.48. The van der Waals surface area contributed by atoms with Crippen molar-refractivity contribution in [3.8, 4) is 0 Å². The van der Waals surface area contributed by atoms with Crippen LogP contribution in [-0.4, -0.2) is 35.3 Å². The lowest BCUT2D eigenvalue weighted by atomic mass is 9.86. The average molecular weight is 268 g/mol. The van der Waals surface area contributed by atoms with Gasteiger partial charge in [0.15, 0.2) is 5.78 Å². The van der Waals surface area contributed by atoms with E-state index in [2.05, 4.69) is 9.88 Å². The summed E-state index contributed by atoms with van der Waals surface area (Å²) in [6.45, 7) is 0. The van der Waals surface area contributed by atoms with Crippen LogP contribution in [0.5, 0.6) is 0 Å². The fraction of sp³-hybridized carbons (Fsp3) is 0.412. The highest BCUT2D eigenvalue weighted by Crippen LogP contribution is 2.37. The summed E-state index contributed by atoms with van der Waals surface area (Å²) in [4.78, 5) is 19.4. The molecule has 1 saturated carbocycles. The molecule has 20 heavy (non-hydrogen) atoms. The number of likely N-dealkylation sites (N-methyl/N-ethyl adjacent to an activating group) is 1. The van der Waals surface area contributed by atoms with Crippen molar-refractivity contribution in [2.24, 2.45) is 0 Å². The van der Waals surface area contributed by atoms with E-state index in [-0.39, 0.29) is 11.3 Å². The summed E-state index contributed by atoms with van der Waals surface area (Å²) in [5, 5.41) is 1.03.